The molecule has 0 atom stereocenters. The lowest BCUT2D eigenvalue weighted by Gasteiger charge is -2.10. The summed E-state index contributed by atoms with van der Waals surface area (Å²) in [5, 5.41) is 7.37. The first-order valence-corrected chi connectivity index (χ1v) is 11.8. The Morgan fingerprint density at radius 3 is 2.13 bits per heavy atom. The van der Waals surface area contributed by atoms with E-state index in [9.17, 15) is 26.7 Å². The molecule has 0 aliphatic heterocycles. The molecule has 0 spiro atoms. The summed E-state index contributed by atoms with van der Waals surface area (Å²) in [4.78, 5) is 12.9. The number of benzene rings is 1. The molecule has 1 aromatic carbocycles. The number of anilines is 1. The van der Waals surface area contributed by atoms with Gasteiger partial charge in [-0.2, -0.15) is 9.47 Å². The van der Waals surface area contributed by atoms with Gasteiger partial charge in [0.15, 0.2) is 23.3 Å². The maximum Gasteiger partial charge on any atom is 0.260 e. The number of carbonyl (C=O) groups is 1. The van der Waals surface area contributed by atoms with E-state index in [1.165, 1.54) is 42.0 Å². The van der Waals surface area contributed by atoms with E-state index >= 15 is 0 Å². The van der Waals surface area contributed by atoms with Gasteiger partial charge in [0.25, 0.3) is 5.91 Å². The second-order valence-electron chi connectivity index (χ2n) is 6.26. The van der Waals surface area contributed by atoms with Crippen LogP contribution in [0.2, 0.25) is 0 Å². The molecule has 0 fully saturated rings. The molecular formula is C18H15F5N4OS3. The standard InChI is InChI=1S/C18H15F5N4OS3/c1-6-15(24-16(28)9-17(29-3)26-31-18(9)30-4)7(2)27(25-6)5-8-10(19)12(21)14(23)13(22)11(8)20/h5H2,1-4H3,(H,24,28). The Morgan fingerprint density at radius 2 is 1.58 bits per heavy atom. The van der Waals surface area contributed by atoms with Crippen molar-refractivity contribution in [3.8, 4) is 0 Å². The smallest absolute Gasteiger partial charge is 0.260 e. The fraction of sp³-hybridized carbons (Fsp3) is 0.278. The van der Waals surface area contributed by atoms with Gasteiger partial charge in [-0.25, -0.2) is 22.0 Å². The zero-order valence-electron chi connectivity index (χ0n) is 16.6. The highest BCUT2D eigenvalue weighted by molar-refractivity contribution is 8.01. The van der Waals surface area contributed by atoms with E-state index in [0.29, 0.717) is 20.5 Å². The number of rotatable bonds is 6. The largest absolute Gasteiger partial charge is 0.319 e. The average molecular weight is 495 g/mol. The van der Waals surface area contributed by atoms with Crippen LogP contribution >= 0.6 is 35.1 Å². The Bertz CT molecular complexity index is 1130. The third kappa shape index (κ3) is 4.17. The third-order valence-corrected chi connectivity index (χ3v) is 7.20. The van der Waals surface area contributed by atoms with Crippen LogP contribution in [0.15, 0.2) is 9.24 Å². The molecule has 0 bridgehead atoms. The van der Waals surface area contributed by atoms with Gasteiger partial charge in [-0.05, 0) is 37.9 Å². The first kappa shape index (κ1) is 23.5. The molecule has 1 N–H and O–H groups in total. The van der Waals surface area contributed by atoms with Gasteiger partial charge in [0.05, 0.1) is 39.0 Å². The van der Waals surface area contributed by atoms with Crippen molar-refractivity contribution in [3.05, 3.63) is 51.6 Å². The van der Waals surface area contributed by atoms with Crippen molar-refractivity contribution in [1.82, 2.24) is 14.2 Å². The molecule has 0 radical (unpaired) electrons. The molecule has 2 aromatic heterocycles. The summed E-state index contributed by atoms with van der Waals surface area (Å²) in [5.41, 5.74) is 0.260. The number of nitrogens with zero attached hydrogens (tertiary/aromatic N) is 3. The summed E-state index contributed by atoms with van der Waals surface area (Å²) in [6.07, 6.45) is 3.60. The summed E-state index contributed by atoms with van der Waals surface area (Å²) in [5.74, 6) is -10.6. The van der Waals surface area contributed by atoms with Gasteiger partial charge in [-0.3, -0.25) is 9.48 Å². The van der Waals surface area contributed by atoms with Crippen LogP contribution in [0.25, 0.3) is 0 Å². The van der Waals surface area contributed by atoms with Crippen LogP contribution in [0.5, 0.6) is 0 Å². The quantitative estimate of drug-likeness (QED) is 0.215. The molecule has 5 nitrogen and oxygen atoms in total. The number of amides is 1. The van der Waals surface area contributed by atoms with Crippen molar-refractivity contribution in [2.24, 2.45) is 0 Å². The Labute approximate surface area is 186 Å². The molecule has 3 aromatic rings. The number of hydrogen-bond donors (Lipinski definition) is 1. The van der Waals surface area contributed by atoms with Gasteiger partial charge in [-0.15, -0.1) is 23.5 Å². The lowest BCUT2D eigenvalue weighted by molar-refractivity contribution is 0.102. The molecule has 0 aliphatic carbocycles. The second kappa shape index (κ2) is 9.17. The summed E-state index contributed by atoms with van der Waals surface area (Å²) in [7, 11) is 0. The van der Waals surface area contributed by atoms with Gasteiger partial charge in [0.2, 0.25) is 5.82 Å². The number of aryl methyl sites for hydroxylation is 1. The van der Waals surface area contributed by atoms with E-state index < -0.39 is 47.1 Å². The zero-order chi connectivity index (χ0) is 23.0. The Hall–Kier alpha value is -2.12. The molecule has 3 rings (SSSR count). The second-order valence-corrected chi connectivity index (χ2v) is 8.91. The number of thioether (sulfide) groups is 2. The molecule has 31 heavy (non-hydrogen) atoms. The van der Waals surface area contributed by atoms with Crippen molar-refractivity contribution < 1.29 is 26.7 Å². The number of nitrogens with one attached hydrogen (secondary N) is 1. The molecule has 0 unspecified atom stereocenters. The van der Waals surface area contributed by atoms with Crippen molar-refractivity contribution in [3.63, 3.8) is 0 Å². The van der Waals surface area contributed by atoms with Crippen LogP contribution in [0, 0.1) is 42.9 Å². The Balaban J connectivity index is 1.96. The predicted octanol–water partition coefficient (Wildman–Crippen LogP) is 5.40. The molecule has 13 heteroatoms. The van der Waals surface area contributed by atoms with Crippen LogP contribution in [0.4, 0.5) is 27.6 Å². The Morgan fingerprint density at radius 1 is 1.00 bits per heavy atom. The summed E-state index contributed by atoms with van der Waals surface area (Å²) in [6, 6.07) is 0. The normalized spacial score (nSPS) is 11.3. The van der Waals surface area contributed by atoms with Gasteiger partial charge in [0, 0.05) is 0 Å². The van der Waals surface area contributed by atoms with E-state index in [1.54, 1.807) is 13.2 Å². The van der Waals surface area contributed by atoms with E-state index in [-0.39, 0.29) is 11.4 Å². The van der Waals surface area contributed by atoms with Crippen LogP contribution in [-0.2, 0) is 6.54 Å². The van der Waals surface area contributed by atoms with Crippen LogP contribution in [0.1, 0.15) is 27.3 Å². The highest BCUT2D eigenvalue weighted by atomic mass is 32.2. The summed E-state index contributed by atoms with van der Waals surface area (Å²) >= 11 is 3.87. The molecular weight excluding hydrogens is 479 g/mol. The first-order valence-electron chi connectivity index (χ1n) is 8.55. The number of carbonyl (C=O) groups excluding carboxylic acids is 1. The van der Waals surface area contributed by atoms with Crippen molar-refractivity contribution in [1.29, 1.82) is 0 Å². The SMILES string of the molecule is CSc1nsc(SC)c1C(=O)Nc1c(C)nn(Cc2c(F)c(F)c(F)c(F)c2F)c1C. The van der Waals surface area contributed by atoms with E-state index in [1.807, 2.05) is 6.26 Å². The number of aromatic nitrogens is 3. The molecule has 2 heterocycles. The monoisotopic (exact) mass is 494 g/mol. The minimum absolute atomic E-state index is 0.277. The summed E-state index contributed by atoms with van der Waals surface area (Å²) < 4.78 is 74.4. The minimum atomic E-state index is -2.22. The van der Waals surface area contributed by atoms with Gasteiger partial charge in [0.1, 0.15) is 5.03 Å². The van der Waals surface area contributed by atoms with Gasteiger partial charge < -0.3 is 5.32 Å². The molecule has 0 aliphatic rings. The highest BCUT2D eigenvalue weighted by Crippen LogP contribution is 2.34. The number of halogens is 5. The third-order valence-electron chi connectivity index (χ3n) is 4.46. The molecule has 0 saturated heterocycles. The van der Waals surface area contributed by atoms with Crippen LogP contribution < -0.4 is 5.32 Å². The van der Waals surface area contributed by atoms with E-state index in [0.717, 1.165) is 4.68 Å². The van der Waals surface area contributed by atoms with Gasteiger partial charge >= 0.3 is 0 Å². The van der Waals surface area contributed by atoms with Crippen molar-refractivity contribution in [2.75, 3.05) is 17.8 Å². The molecule has 0 saturated carbocycles. The zero-order valence-corrected chi connectivity index (χ0v) is 19.0. The van der Waals surface area contributed by atoms with E-state index in [4.69, 9.17) is 0 Å². The average Bonchev–Trinajstić information content (AvgIpc) is 3.29. The van der Waals surface area contributed by atoms with Crippen LogP contribution in [-0.4, -0.2) is 32.6 Å². The summed E-state index contributed by atoms with van der Waals surface area (Å²) in [6.45, 7) is 2.35. The lowest BCUT2D eigenvalue weighted by Crippen LogP contribution is -2.15. The number of hydrogen-bond acceptors (Lipinski definition) is 6. The minimum Gasteiger partial charge on any atom is -0.319 e. The Kier molecular flexibility index (Phi) is 6.96. The van der Waals surface area contributed by atoms with Crippen LogP contribution in [0.3, 0.4) is 0 Å². The fourth-order valence-electron chi connectivity index (χ4n) is 2.88. The molecule has 1 amide bonds. The maximum atomic E-state index is 14.0. The predicted molar refractivity (Wildman–Crippen MR) is 111 cm³/mol. The fourth-order valence-corrected chi connectivity index (χ4v) is 5.16. The highest BCUT2D eigenvalue weighted by Gasteiger charge is 2.27. The topological polar surface area (TPSA) is 59.8 Å². The lowest BCUT2D eigenvalue weighted by atomic mass is 10.1. The van der Waals surface area contributed by atoms with Gasteiger partial charge in [-0.1, -0.05) is 0 Å². The maximum absolute atomic E-state index is 14.0. The molecule has 166 valence electrons. The van der Waals surface area contributed by atoms with Crippen molar-refractivity contribution >= 4 is 46.7 Å². The van der Waals surface area contributed by atoms with E-state index in [2.05, 4.69) is 14.8 Å². The first-order chi connectivity index (χ1) is 14.6. The van der Waals surface area contributed by atoms with Crippen molar-refractivity contribution in [2.45, 2.75) is 29.6 Å².